The van der Waals surface area contributed by atoms with Gasteiger partial charge in [0.05, 0.1) is 11.9 Å². The van der Waals surface area contributed by atoms with Crippen molar-refractivity contribution in [1.29, 1.82) is 0 Å². The Kier molecular flexibility index (Phi) is 4.76. The van der Waals surface area contributed by atoms with Crippen LogP contribution in [0.4, 0.5) is 0 Å². The maximum Gasteiger partial charge on any atom is 0.140 e. The molecule has 3 rings (SSSR count). The van der Waals surface area contributed by atoms with E-state index in [1.165, 1.54) is 0 Å². The maximum atomic E-state index is 5.61. The first-order valence-corrected chi connectivity index (χ1v) is 8.35. The number of aromatic amines is 1. The van der Waals surface area contributed by atoms with Crippen LogP contribution in [-0.2, 0) is 4.74 Å². The average Bonchev–Trinajstić information content (AvgIpc) is 3.00. The fraction of sp³-hybridized carbons (Fsp3) is 0.118. The molecule has 1 heterocycles. The summed E-state index contributed by atoms with van der Waals surface area (Å²) in [5, 5.41) is 0. The summed E-state index contributed by atoms with van der Waals surface area (Å²) in [6.45, 7) is 0. The monoisotopic (exact) mass is 420 g/mol. The van der Waals surface area contributed by atoms with E-state index in [1.807, 2.05) is 54.7 Å². The van der Waals surface area contributed by atoms with Crippen LogP contribution in [0.2, 0.25) is 0 Å². The van der Waals surface area contributed by atoms with E-state index < -0.39 is 0 Å². The molecular weight excluding hydrogens is 408 g/mol. The highest BCUT2D eigenvalue weighted by Gasteiger charge is 2.17. The molecule has 0 aliphatic carbocycles. The van der Waals surface area contributed by atoms with Crippen molar-refractivity contribution in [2.24, 2.45) is 0 Å². The molecule has 1 atom stereocenters. The Bertz CT molecular complexity index is 751. The summed E-state index contributed by atoms with van der Waals surface area (Å²) in [6.07, 6.45) is 1.63. The molecule has 0 saturated heterocycles. The molecule has 2 aromatic carbocycles. The van der Waals surface area contributed by atoms with Crippen LogP contribution in [-0.4, -0.2) is 17.1 Å². The summed E-state index contributed by atoms with van der Waals surface area (Å²) in [5.74, 6) is 0.794. The van der Waals surface area contributed by atoms with Gasteiger partial charge in [-0.3, -0.25) is 0 Å². The Morgan fingerprint density at radius 1 is 0.955 bits per heavy atom. The van der Waals surface area contributed by atoms with Crippen LogP contribution in [0.25, 0.3) is 11.3 Å². The third-order valence-electron chi connectivity index (χ3n) is 3.41. The lowest BCUT2D eigenvalue weighted by Gasteiger charge is -2.13. The van der Waals surface area contributed by atoms with Crippen molar-refractivity contribution in [3.63, 3.8) is 0 Å². The second-order valence-electron chi connectivity index (χ2n) is 4.86. The van der Waals surface area contributed by atoms with Gasteiger partial charge in [0, 0.05) is 16.1 Å². The first-order chi connectivity index (χ1) is 10.7. The molecule has 5 heteroatoms. The number of hydrogen-bond donors (Lipinski definition) is 1. The van der Waals surface area contributed by atoms with Crippen LogP contribution >= 0.6 is 31.9 Å². The fourth-order valence-corrected chi connectivity index (χ4v) is 2.82. The zero-order chi connectivity index (χ0) is 15.5. The largest absolute Gasteiger partial charge is 0.369 e. The number of ether oxygens (including phenoxy) is 1. The molecule has 3 aromatic rings. The van der Waals surface area contributed by atoms with Crippen LogP contribution in [0, 0.1) is 0 Å². The molecule has 0 spiro atoms. The van der Waals surface area contributed by atoms with Crippen LogP contribution < -0.4 is 0 Å². The number of nitrogens with one attached hydrogen (secondary N) is 1. The number of nitrogens with zero attached hydrogens (tertiary/aromatic N) is 1. The van der Waals surface area contributed by atoms with Gasteiger partial charge in [0.15, 0.2) is 0 Å². The Morgan fingerprint density at radius 3 is 2.14 bits per heavy atom. The van der Waals surface area contributed by atoms with Crippen molar-refractivity contribution in [3.05, 3.63) is 75.1 Å². The molecular formula is C17H14Br2N2O. The molecule has 0 fully saturated rings. The molecule has 1 unspecified atom stereocenters. The lowest BCUT2D eigenvalue weighted by atomic mass is 10.1. The summed E-state index contributed by atoms with van der Waals surface area (Å²) in [4.78, 5) is 7.83. The van der Waals surface area contributed by atoms with Crippen LogP contribution in [0.1, 0.15) is 17.5 Å². The number of benzene rings is 2. The third-order valence-corrected chi connectivity index (χ3v) is 4.46. The normalized spacial score (nSPS) is 12.3. The number of halogens is 2. The van der Waals surface area contributed by atoms with Gasteiger partial charge in [-0.25, -0.2) is 4.98 Å². The van der Waals surface area contributed by atoms with Crippen molar-refractivity contribution in [2.75, 3.05) is 7.11 Å². The molecule has 0 amide bonds. The summed E-state index contributed by atoms with van der Waals surface area (Å²) in [6, 6.07) is 16.2. The lowest BCUT2D eigenvalue weighted by Crippen LogP contribution is -2.05. The number of imidazole rings is 1. The summed E-state index contributed by atoms with van der Waals surface area (Å²) < 4.78 is 7.71. The quantitative estimate of drug-likeness (QED) is 0.617. The van der Waals surface area contributed by atoms with E-state index in [2.05, 4.69) is 41.8 Å². The van der Waals surface area contributed by atoms with Gasteiger partial charge in [0.1, 0.15) is 11.9 Å². The van der Waals surface area contributed by atoms with Gasteiger partial charge in [0.2, 0.25) is 0 Å². The summed E-state index contributed by atoms with van der Waals surface area (Å²) in [5.41, 5.74) is 3.12. The third kappa shape index (κ3) is 3.32. The number of H-pyrrole nitrogens is 1. The summed E-state index contributed by atoms with van der Waals surface area (Å²) in [7, 11) is 1.69. The van der Waals surface area contributed by atoms with Gasteiger partial charge in [-0.1, -0.05) is 56.1 Å². The SMILES string of the molecule is COC(c1ccc(Br)cc1)c1ncc(-c2ccc(Br)cc2)[nH]1. The van der Waals surface area contributed by atoms with Crippen molar-refractivity contribution >= 4 is 31.9 Å². The van der Waals surface area contributed by atoms with E-state index in [-0.39, 0.29) is 6.10 Å². The number of rotatable bonds is 4. The highest BCUT2D eigenvalue weighted by atomic mass is 79.9. The van der Waals surface area contributed by atoms with Gasteiger partial charge >= 0.3 is 0 Å². The maximum absolute atomic E-state index is 5.61. The van der Waals surface area contributed by atoms with E-state index in [1.54, 1.807) is 7.11 Å². The minimum Gasteiger partial charge on any atom is -0.369 e. The molecule has 1 aromatic heterocycles. The second kappa shape index (κ2) is 6.77. The Balaban J connectivity index is 1.91. The van der Waals surface area contributed by atoms with E-state index in [9.17, 15) is 0 Å². The van der Waals surface area contributed by atoms with Gasteiger partial charge in [-0.05, 0) is 35.4 Å². The molecule has 1 N–H and O–H groups in total. The zero-order valence-electron chi connectivity index (χ0n) is 11.9. The Labute approximate surface area is 146 Å². The van der Waals surface area contributed by atoms with Crippen molar-refractivity contribution in [2.45, 2.75) is 6.10 Å². The smallest absolute Gasteiger partial charge is 0.140 e. The number of aromatic nitrogens is 2. The van der Waals surface area contributed by atoms with E-state index in [0.29, 0.717) is 0 Å². The predicted octanol–water partition coefficient (Wildman–Crippen LogP) is 5.34. The minimum absolute atomic E-state index is 0.211. The van der Waals surface area contributed by atoms with Crippen LogP contribution in [0.15, 0.2) is 63.7 Å². The molecule has 0 bridgehead atoms. The van der Waals surface area contributed by atoms with Crippen molar-refractivity contribution in [1.82, 2.24) is 9.97 Å². The van der Waals surface area contributed by atoms with E-state index >= 15 is 0 Å². The predicted molar refractivity (Wildman–Crippen MR) is 94.7 cm³/mol. The number of methoxy groups -OCH3 is 1. The molecule has 0 saturated carbocycles. The van der Waals surface area contributed by atoms with E-state index in [0.717, 1.165) is 31.6 Å². The first kappa shape index (κ1) is 15.5. The van der Waals surface area contributed by atoms with Crippen molar-refractivity contribution < 1.29 is 4.74 Å². The van der Waals surface area contributed by atoms with E-state index in [4.69, 9.17) is 4.74 Å². The Hall–Kier alpha value is -1.43. The molecule has 3 nitrogen and oxygen atoms in total. The van der Waals surface area contributed by atoms with Gasteiger partial charge < -0.3 is 9.72 Å². The Morgan fingerprint density at radius 2 is 1.55 bits per heavy atom. The lowest BCUT2D eigenvalue weighted by molar-refractivity contribution is 0.130. The average molecular weight is 422 g/mol. The molecule has 112 valence electrons. The first-order valence-electron chi connectivity index (χ1n) is 6.76. The molecule has 0 aliphatic rings. The molecule has 0 radical (unpaired) electrons. The highest BCUT2D eigenvalue weighted by Crippen LogP contribution is 2.27. The van der Waals surface area contributed by atoms with Gasteiger partial charge in [0.25, 0.3) is 0 Å². The van der Waals surface area contributed by atoms with Crippen molar-refractivity contribution in [3.8, 4) is 11.3 Å². The minimum atomic E-state index is -0.211. The van der Waals surface area contributed by atoms with Gasteiger partial charge in [-0.2, -0.15) is 0 Å². The standard InChI is InChI=1S/C17H14Br2N2O/c1-22-16(12-4-8-14(19)9-5-12)17-20-10-15(21-17)11-2-6-13(18)7-3-11/h2-10,16H,1H3,(H,20,21). The second-order valence-corrected chi connectivity index (χ2v) is 6.69. The zero-order valence-corrected chi connectivity index (χ0v) is 15.1. The molecule has 22 heavy (non-hydrogen) atoms. The summed E-state index contributed by atoms with van der Waals surface area (Å²) >= 11 is 6.89. The highest BCUT2D eigenvalue weighted by molar-refractivity contribution is 9.10. The van der Waals surface area contributed by atoms with Gasteiger partial charge in [-0.15, -0.1) is 0 Å². The topological polar surface area (TPSA) is 37.9 Å². The number of hydrogen-bond acceptors (Lipinski definition) is 2. The fourth-order valence-electron chi connectivity index (χ4n) is 2.29. The van der Waals surface area contributed by atoms with Crippen LogP contribution in [0.3, 0.4) is 0 Å². The van der Waals surface area contributed by atoms with Crippen LogP contribution in [0.5, 0.6) is 0 Å². The molecule has 0 aliphatic heterocycles.